The fourth-order valence-electron chi connectivity index (χ4n) is 3.82. The first-order valence-corrected chi connectivity index (χ1v) is 14.3. The van der Waals surface area contributed by atoms with Crippen molar-refractivity contribution >= 4 is 43.5 Å². The summed E-state index contributed by atoms with van der Waals surface area (Å²) in [7, 11) is -2.65. The number of methoxy groups -OCH3 is 1. The highest BCUT2D eigenvalue weighted by Gasteiger charge is 2.32. The molecule has 8 nitrogen and oxygen atoms in total. The fourth-order valence-corrected chi connectivity index (χ4v) is 5.49. The molecule has 0 aliphatic carbocycles. The van der Waals surface area contributed by atoms with Crippen molar-refractivity contribution in [2.75, 3.05) is 24.5 Å². The smallest absolute Gasteiger partial charge is 0.264 e. The van der Waals surface area contributed by atoms with Gasteiger partial charge in [-0.3, -0.25) is 13.9 Å². The molecule has 10 heteroatoms. The van der Waals surface area contributed by atoms with Crippen LogP contribution in [0.5, 0.6) is 5.75 Å². The molecule has 3 aromatic carbocycles. The SMILES string of the molecule is CCNC(=O)C(C)N(Cc1ccc(Br)cc1)C(=O)CN(c1cccc(OC)c1)S(=O)(=O)c1ccc(C)cc1. The lowest BCUT2D eigenvalue weighted by Crippen LogP contribution is -2.51. The third-order valence-corrected chi connectivity index (χ3v) is 8.33. The fraction of sp³-hybridized carbons (Fsp3) is 0.286. The van der Waals surface area contributed by atoms with E-state index >= 15 is 0 Å². The molecular weight excluding hydrogens is 570 g/mol. The van der Waals surface area contributed by atoms with Crippen molar-refractivity contribution in [1.82, 2.24) is 10.2 Å². The van der Waals surface area contributed by atoms with Crippen molar-refractivity contribution in [3.63, 3.8) is 0 Å². The van der Waals surface area contributed by atoms with E-state index in [1.165, 1.54) is 24.1 Å². The summed E-state index contributed by atoms with van der Waals surface area (Å²) in [4.78, 5) is 28.0. The number of nitrogens with zero attached hydrogens (tertiary/aromatic N) is 2. The second-order valence-corrected chi connectivity index (χ2v) is 11.5. The maximum absolute atomic E-state index is 13.8. The summed E-state index contributed by atoms with van der Waals surface area (Å²) in [5, 5.41) is 2.75. The Balaban J connectivity index is 2.04. The molecule has 0 fully saturated rings. The first-order chi connectivity index (χ1) is 18.1. The summed E-state index contributed by atoms with van der Waals surface area (Å²) in [5.74, 6) is -0.404. The zero-order chi connectivity index (χ0) is 27.9. The van der Waals surface area contributed by atoms with Gasteiger partial charge in [-0.25, -0.2) is 8.42 Å². The van der Waals surface area contributed by atoms with Crippen LogP contribution in [0.2, 0.25) is 0 Å². The van der Waals surface area contributed by atoms with Crippen molar-refractivity contribution < 1.29 is 22.7 Å². The Hall–Kier alpha value is -3.37. The molecule has 3 aromatic rings. The number of amides is 2. The number of carbonyl (C=O) groups is 2. The van der Waals surface area contributed by atoms with E-state index in [1.54, 1.807) is 50.2 Å². The third kappa shape index (κ3) is 7.14. The Morgan fingerprint density at radius 2 is 1.68 bits per heavy atom. The first-order valence-electron chi connectivity index (χ1n) is 12.1. The van der Waals surface area contributed by atoms with Crippen LogP contribution in [-0.4, -0.2) is 51.4 Å². The molecule has 38 heavy (non-hydrogen) atoms. The van der Waals surface area contributed by atoms with Gasteiger partial charge in [0.1, 0.15) is 18.3 Å². The summed E-state index contributed by atoms with van der Waals surface area (Å²) in [6, 6.07) is 19.5. The minimum atomic E-state index is -4.14. The first kappa shape index (κ1) is 29.2. The lowest BCUT2D eigenvalue weighted by Gasteiger charge is -2.32. The molecule has 0 spiro atoms. The topological polar surface area (TPSA) is 96.0 Å². The van der Waals surface area contributed by atoms with Crippen LogP contribution in [0.3, 0.4) is 0 Å². The summed E-state index contributed by atoms with van der Waals surface area (Å²) in [6.45, 7) is 5.31. The largest absolute Gasteiger partial charge is 0.497 e. The van der Waals surface area contributed by atoms with E-state index < -0.39 is 28.5 Å². The van der Waals surface area contributed by atoms with Crippen LogP contribution in [0.15, 0.2) is 82.2 Å². The van der Waals surface area contributed by atoms with Crippen molar-refractivity contribution in [3.8, 4) is 5.75 Å². The van der Waals surface area contributed by atoms with Gasteiger partial charge in [-0.05, 0) is 62.7 Å². The molecule has 3 rings (SSSR count). The number of anilines is 1. The Morgan fingerprint density at radius 1 is 1.03 bits per heavy atom. The van der Waals surface area contributed by atoms with Crippen LogP contribution in [0.1, 0.15) is 25.0 Å². The van der Waals surface area contributed by atoms with E-state index in [-0.39, 0.29) is 23.0 Å². The van der Waals surface area contributed by atoms with Crippen molar-refractivity contribution in [2.24, 2.45) is 0 Å². The van der Waals surface area contributed by atoms with E-state index in [0.717, 1.165) is 19.9 Å². The number of benzene rings is 3. The number of sulfonamides is 1. The van der Waals surface area contributed by atoms with Gasteiger partial charge >= 0.3 is 0 Å². The van der Waals surface area contributed by atoms with E-state index in [0.29, 0.717) is 12.3 Å². The molecule has 1 unspecified atom stereocenters. The zero-order valence-corrected chi connectivity index (χ0v) is 24.3. The summed E-state index contributed by atoms with van der Waals surface area (Å²) < 4.78 is 34.9. The van der Waals surface area contributed by atoms with Gasteiger partial charge in [0.25, 0.3) is 10.0 Å². The van der Waals surface area contributed by atoms with Crippen LogP contribution in [0, 0.1) is 6.92 Å². The highest BCUT2D eigenvalue weighted by atomic mass is 79.9. The third-order valence-electron chi connectivity index (χ3n) is 6.01. The number of hydrogen-bond acceptors (Lipinski definition) is 5. The highest BCUT2D eigenvalue weighted by molar-refractivity contribution is 9.10. The number of ether oxygens (including phenoxy) is 1. The normalized spacial score (nSPS) is 11.9. The standard InChI is InChI=1S/C28H32BrN3O5S/c1-5-30-28(34)21(3)31(18-22-11-13-23(29)14-12-22)27(33)19-32(24-7-6-8-25(17-24)37-4)38(35,36)26-15-9-20(2)10-16-26/h6-17,21H,5,18-19H2,1-4H3,(H,30,34). The van der Waals surface area contributed by atoms with Gasteiger partial charge in [-0.15, -0.1) is 0 Å². The molecule has 0 saturated carbocycles. The molecule has 1 N–H and O–H groups in total. The number of nitrogens with one attached hydrogen (secondary N) is 1. The van der Waals surface area contributed by atoms with Gasteiger partial charge in [-0.2, -0.15) is 0 Å². The van der Waals surface area contributed by atoms with Crippen molar-refractivity contribution in [1.29, 1.82) is 0 Å². The number of rotatable bonds is 11. The molecule has 2 amide bonds. The minimum absolute atomic E-state index is 0.0509. The Bertz CT molecular complexity index is 1360. The Labute approximate surface area is 232 Å². The number of halogens is 1. The number of likely N-dealkylation sites (N-methyl/N-ethyl adjacent to an activating group) is 1. The van der Waals surface area contributed by atoms with Crippen LogP contribution in [-0.2, 0) is 26.2 Å². The average Bonchev–Trinajstić information content (AvgIpc) is 2.91. The minimum Gasteiger partial charge on any atom is -0.497 e. The van der Waals surface area contributed by atoms with Gasteiger partial charge in [0.05, 0.1) is 17.7 Å². The second-order valence-electron chi connectivity index (χ2n) is 8.74. The van der Waals surface area contributed by atoms with Gasteiger partial charge < -0.3 is 15.0 Å². The zero-order valence-electron chi connectivity index (χ0n) is 21.8. The van der Waals surface area contributed by atoms with Crippen LogP contribution in [0.25, 0.3) is 0 Å². The Morgan fingerprint density at radius 3 is 2.29 bits per heavy atom. The van der Waals surface area contributed by atoms with Crippen LogP contribution >= 0.6 is 15.9 Å². The summed E-state index contributed by atoms with van der Waals surface area (Å²) in [5.41, 5.74) is 1.98. The molecule has 0 heterocycles. The van der Waals surface area contributed by atoms with Gasteiger partial charge in [-0.1, -0.05) is 51.8 Å². The Kier molecular flexibility index (Phi) is 9.93. The lowest BCUT2D eigenvalue weighted by atomic mass is 10.1. The molecule has 0 saturated heterocycles. The van der Waals surface area contributed by atoms with E-state index in [1.807, 2.05) is 31.2 Å². The molecule has 0 radical (unpaired) electrons. The van der Waals surface area contributed by atoms with Gasteiger partial charge in [0, 0.05) is 23.6 Å². The predicted octanol–water partition coefficient (Wildman–Crippen LogP) is 4.51. The van der Waals surface area contributed by atoms with E-state index in [4.69, 9.17) is 4.74 Å². The second kappa shape index (κ2) is 12.9. The molecule has 0 aliphatic heterocycles. The summed E-state index contributed by atoms with van der Waals surface area (Å²) >= 11 is 3.40. The lowest BCUT2D eigenvalue weighted by molar-refractivity contribution is -0.139. The quantitative estimate of drug-likeness (QED) is 0.349. The number of aryl methyl sites for hydroxylation is 1. The molecule has 0 aromatic heterocycles. The van der Waals surface area contributed by atoms with Crippen LogP contribution < -0.4 is 14.4 Å². The maximum atomic E-state index is 13.8. The average molecular weight is 603 g/mol. The summed E-state index contributed by atoms with van der Waals surface area (Å²) in [6.07, 6.45) is 0. The van der Waals surface area contributed by atoms with Crippen LogP contribution in [0.4, 0.5) is 5.69 Å². The number of carbonyl (C=O) groups excluding carboxylic acids is 2. The highest BCUT2D eigenvalue weighted by Crippen LogP contribution is 2.28. The maximum Gasteiger partial charge on any atom is 0.264 e. The molecular formula is C28H32BrN3O5S. The van der Waals surface area contributed by atoms with Gasteiger partial charge in [0.2, 0.25) is 11.8 Å². The van der Waals surface area contributed by atoms with Gasteiger partial charge in [0.15, 0.2) is 0 Å². The van der Waals surface area contributed by atoms with Crippen molar-refractivity contribution in [3.05, 3.63) is 88.4 Å². The molecule has 0 aliphatic rings. The molecule has 0 bridgehead atoms. The van der Waals surface area contributed by atoms with E-state index in [2.05, 4.69) is 21.2 Å². The molecule has 202 valence electrons. The molecule has 1 atom stereocenters. The predicted molar refractivity (Wildman–Crippen MR) is 152 cm³/mol. The number of hydrogen-bond donors (Lipinski definition) is 1. The van der Waals surface area contributed by atoms with E-state index in [9.17, 15) is 18.0 Å². The monoisotopic (exact) mass is 601 g/mol. The van der Waals surface area contributed by atoms with Crippen molar-refractivity contribution in [2.45, 2.75) is 38.3 Å².